The van der Waals surface area contributed by atoms with Crippen LogP contribution >= 0.6 is 0 Å². The number of hydrogen-bond donors (Lipinski definition) is 0. The van der Waals surface area contributed by atoms with Crippen molar-refractivity contribution >= 4 is 6.20 Å². The normalized spacial score (nSPS) is 10.7. The van der Waals surface area contributed by atoms with Gasteiger partial charge in [0.2, 0.25) is 0 Å². The Balaban J connectivity index is 2.95. The molecule has 0 saturated heterocycles. The van der Waals surface area contributed by atoms with Crippen LogP contribution in [-0.4, -0.2) is 9.78 Å². The largest absolute Gasteiger partial charge is 0.242 e. The van der Waals surface area contributed by atoms with Gasteiger partial charge in [-0.25, -0.2) is 9.07 Å². The van der Waals surface area contributed by atoms with Crippen molar-refractivity contribution in [1.82, 2.24) is 9.78 Å². The Morgan fingerprint density at radius 2 is 2.45 bits per heavy atom. The summed E-state index contributed by atoms with van der Waals surface area (Å²) in [6.07, 6.45) is 6.13. The average molecular weight is 152 g/mol. The zero-order chi connectivity index (χ0) is 8.27. The Morgan fingerprint density at radius 3 is 2.91 bits per heavy atom. The fourth-order valence-corrected chi connectivity index (χ4v) is 0.695. The summed E-state index contributed by atoms with van der Waals surface area (Å²) >= 11 is 0. The molecule has 0 spiro atoms. The number of aromatic nitrogens is 2. The van der Waals surface area contributed by atoms with Crippen molar-refractivity contribution in [2.24, 2.45) is 0 Å². The molecule has 0 aliphatic rings. The summed E-state index contributed by atoms with van der Waals surface area (Å²) in [7, 11) is 0. The highest BCUT2D eigenvalue weighted by molar-refractivity contribution is 5.28. The molecule has 3 heteroatoms. The molecule has 2 nitrogen and oxygen atoms in total. The third-order valence-corrected chi connectivity index (χ3v) is 1.35. The maximum absolute atomic E-state index is 12.6. The molecule has 0 atom stereocenters. The first-order chi connectivity index (χ1) is 5.25. The topological polar surface area (TPSA) is 17.8 Å². The van der Waals surface area contributed by atoms with Gasteiger partial charge in [-0.05, 0) is 13.0 Å². The van der Waals surface area contributed by atoms with Gasteiger partial charge in [-0.3, -0.25) is 0 Å². The molecular weight excluding hydrogens is 143 g/mol. The highest BCUT2D eigenvalue weighted by atomic mass is 19.1. The van der Waals surface area contributed by atoms with E-state index < -0.39 is 0 Å². The molecule has 0 bridgehead atoms. The van der Waals surface area contributed by atoms with Crippen LogP contribution in [0.3, 0.4) is 0 Å². The zero-order valence-electron chi connectivity index (χ0n) is 6.29. The third-order valence-electron chi connectivity index (χ3n) is 1.35. The molecule has 0 radical (unpaired) electrons. The van der Waals surface area contributed by atoms with Crippen molar-refractivity contribution in [3.8, 4) is 0 Å². The molecule has 0 fully saturated rings. The van der Waals surface area contributed by atoms with E-state index in [4.69, 9.17) is 0 Å². The number of halogens is 1. The molecule has 1 aromatic rings. The predicted octanol–water partition coefficient (Wildman–Crippen LogP) is 1.99. The summed E-state index contributed by atoms with van der Waals surface area (Å²) in [5.41, 5.74) is 0.503. The van der Waals surface area contributed by atoms with Crippen molar-refractivity contribution in [3.05, 3.63) is 36.4 Å². The van der Waals surface area contributed by atoms with Crippen LogP contribution in [0.1, 0.15) is 5.69 Å². The second-order valence-corrected chi connectivity index (χ2v) is 2.10. The molecule has 0 saturated carbocycles. The maximum atomic E-state index is 12.6. The lowest BCUT2D eigenvalue weighted by molar-refractivity contribution is 0.617. The smallest absolute Gasteiger partial charge is 0.164 e. The lowest BCUT2D eigenvalue weighted by atomic mass is 10.4. The first-order valence-electron chi connectivity index (χ1n) is 3.24. The molecule has 1 aromatic heterocycles. The van der Waals surface area contributed by atoms with Gasteiger partial charge >= 0.3 is 0 Å². The van der Waals surface area contributed by atoms with Gasteiger partial charge in [-0.1, -0.05) is 12.7 Å². The van der Waals surface area contributed by atoms with Crippen LogP contribution in [0.4, 0.5) is 4.39 Å². The molecule has 0 N–H and O–H groups in total. The van der Waals surface area contributed by atoms with Crippen molar-refractivity contribution in [3.63, 3.8) is 0 Å². The minimum absolute atomic E-state index is 0.293. The van der Waals surface area contributed by atoms with E-state index in [-0.39, 0.29) is 5.82 Å². The quantitative estimate of drug-likeness (QED) is 0.592. The lowest BCUT2D eigenvalue weighted by Gasteiger charge is -1.92. The third kappa shape index (κ3) is 1.55. The van der Waals surface area contributed by atoms with Crippen LogP contribution in [0.25, 0.3) is 6.20 Å². The van der Waals surface area contributed by atoms with Crippen LogP contribution in [0.15, 0.2) is 24.9 Å². The van der Waals surface area contributed by atoms with Gasteiger partial charge in [0, 0.05) is 6.20 Å². The molecule has 0 unspecified atom stereocenters. The Kier molecular flexibility index (Phi) is 2.21. The SMILES string of the molecule is C=C/C=C\n1ncc(F)c1C. The highest BCUT2D eigenvalue weighted by Gasteiger charge is 2.00. The minimum atomic E-state index is -0.293. The van der Waals surface area contributed by atoms with Crippen LogP contribution in [0.2, 0.25) is 0 Å². The van der Waals surface area contributed by atoms with Crippen LogP contribution < -0.4 is 0 Å². The maximum Gasteiger partial charge on any atom is 0.164 e. The summed E-state index contributed by atoms with van der Waals surface area (Å²) in [6.45, 7) is 5.15. The summed E-state index contributed by atoms with van der Waals surface area (Å²) in [5, 5.41) is 3.76. The van der Waals surface area contributed by atoms with E-state index in [0.29, 0.717) is 5.69 Å². The molecule has 0 aromatic carbocycles. The Labute approximate surface area is 64.6 Å². The second-order valence-electron chi connectivity index (χ2n) is 2.10. The first-order valence-corrected chi connectivity index (χ1v) is 3.24. The minimum Gasteiger partial charge on any atom is -0.242 e. The van der Waals surface area contributed by atoms with Crippen LogP contribution in [-0.2, 0) is 0 Å². The van der Waals surface area contributed by atoms with E-state index in [1.165, 1.54) is 10.9 Å². The van der Waals surface area contributed by atoms with E-state index in [9.17, 15) is 4.39 Å². The van der Waals surface area contributed by atoms with Crippen molar-refractivity contribution < 1.29 is 4.39 Å². The summed E-state index contributed by atoms with van der Waals surface area (Å²) in [6, 6.07) is 0. The molecule has 0 amide bonds. The summed E-state index contributed by atoms with van der Waals surface area (Å²) in [4.78, 5) is 0. The molecule has 1 rings (SSSR count). The Bertz CT molecular complexity index is 286. The second kappa shape index (κ2) is 3.14. The summed E-state index contributed by atoms with van der Waals surface area (Å²) < 4.78 is 14.1. The van der Waals surface area contributed by atoms with Crippen molar-refractivity contribution in [2.45, 2.75) is 6.92 Å². The van der Waals surface area contributed by atoms with Gasteiger partial charge in [0.25, 0.3) is 0 Å². The number of allylic oxidation sites excluding steroid dienone is 2. The molecule has 11 heavy (non-hydrogen) atoms. The van der Waals surface area contributed by atoms with Gasteiger partial charge in [-0.2, -0.15) is 5.10 Å². The molecule has 1 heterocycles. The van der Waals surface area contributed by atoms with Gasteiger partial charge < -0.3 is 0 Å². The van der Waals surface area contributed by atoms with E-state index in [1.807, 2.05) is 0 Å². The Hall–Kier alpha value is -1.38. The fourth-order valence-electron chi connectivity index (χ4n) is 0.695. The number of nitrogens with zero attached hydrogens (tertiary/aromatic N) is 2. The van der Waals surface area contributed by atoms with E-state index >= 15 is 0 Å². The van der Waals surface area contributed by atoms with Crippen LogP contribution in [0, 0.1) is 12.7 Å². The standard InChI is InChI=1S/C8H9FN2/c1-3-4-5-11-7(2)8(9)6-10-11/h3-6H,1H2,2H3/b5-4-. The van der Waals surface area contributed by atoms with Crippen LogP contribution in [0.5, 0.6) is 0 Å². The first kappa shape index (κ1) is 7.72. The van der Waals surface area contributed by atoms with E-state index in [2.05, 4.69) is 11.7 Å². The molecule has 0 aliphatic carbocycles. The molecule has 58 valence electrons. The molecular formula is C8H9FN2. The lowest BCUT2D eigenvalue weighted by Crippen LogP contribution is -1.91. The molecule has 0 aliphatic heterocycles. The Morgan fingerprint density at radius 1 is 1.73 bits per heavy atom. The van der Waals surface area contributed by atoms with E-state index in [1.54, 1.807) is 25.3 Å². The summed E-state index contributed by atoms with van der Waals surface area (Å²) in [5.74, 6) is -0.293. The van der Waals surface area contributed by atoms with Gasteiger partial charge in [0.1, 0.15) is 0 Å². The highest BCUT2D eigenvalue weighted by Crippen LogP contribution is 2.03. The van der Waals surface area contributed by atoms with E-state index in [0.717, 1.165) is 0 Å². The van der Waals surface area contributed by atoms with Gasteiger partial charge in [0.05, 0.1) is 11.9 Å². The monoisotopic (exact) mass is 152 g/mol. The van der Waals surface area contributed by atoms with Gasteiger partial charge in [-0.15, -0.1) is 0 Å². The number of hydrogen-bond acceptors (Lipinski definition) is 1. The predicted molar refractivity (Wildman–Crippen MR) is 42.4 cm³/mol. The average Bonchev–Trinajstić information content (AvgIpc) is 2.31. The zero-order valence-corrected chi connectivity index (χ0v) is 6.29. The fraction of sp³-hybridized carbons (Fsp3) is 0.125. The van der Waals surface area contributed by atoms with Crippen molar-refractivity contribution in [2.75, 3.05) is 0 Å². The number of rotatable bonds is 2. The van der Waals surface area contributed by atoms with Crippen molar-refractivity contribution in [1.29, 1.82) is 0 Å². The van der Waals surface area contributed by atoms with Gasteiger partial charge in [0.15, 0.2) is 5.82 Å².